The summed E-state index contributed by atoms with van der Waals surface area (Å²) in [5.74, 6) is 0.912. The molecule has 0 bridgehead atoms. The molecule has 0 radical (unpaired) electrons. The molecule has 2 aromatic carbocycles. The third-order valence-corrected chi connectivity index (χ3v) is 7.44. The summed E-state index contributed by atoms with van der Waals surface area (Å²) >= 11 is 0. The first-order chi connectivity index (χ1) is 15.6. The highest BCUT2D eigenvalue weighted by atomic mass is 16.5. The van der Waals surface area contributed by atoms with Crippen molar-refractivity contribution in [3.05, 3.63) is 65.2 Å². The maximum Gasteiger partial charge on any atom is 0.255 e. The van der Waals surface area contributed by atoms with Gasteiger partial charge in [-0.1, -0.05) is 43.2 Å². The van der Waals surface area contributed by atoms with Gasteiger partial charge in [0.1, 0.15) is 0 Å². The van der Waals surface area contributed by atoms with Crippen LogP contribution >= 0.6 is 0 Å². The highest BCUT2D eigenvalue weighted by Crippen LogP contribution is 2.42. The Morgan fingerprint density at radius 1 is 1.03 bits per heavy atom. The smallest absolute Gasteiger partial charge is 0.255 e. The second-order valence-corrected chi connectivity index (χ2v) is 9.61. The van der Waals surface area contributed by atoms with Crippen molar-refractivity contribution in [2.75, 3.05) is 18.4 Å². The number of nitrogens with zero attached hydrogens (tertiary/aromatic N) is 1. The third kappa shape index (κ3) is 4.31. The van der Waals surface area contributed by atoms with E-state index in [1.54, 1.807) is 0 Å². The first-order valence-electron chi connectivity index (χ1n) is 12.0. The number of anilines is 1. The monoisotopic (exact) mass is 432 g/mol. The number of carbonyl (C=O) groups excluding carboxylic acids is 2. The highest BCUT2D eigenvalue weighted by molar-refractivity contribution is 6.05. The van der Waals surface area contributed by atoms with E-state index in [4.69, 9.17) is 4.74 Å². The van der Waals surface area contributed by atoms with Crippen LogP contribution in [0.1, 0.15) is 66.1 Å². The molecule has 168 valence electrons. The van der Waals surface area contributed by atoms with Crippen LogP contribution in [0.25, 0.3) is 0 Å². The van der Waals surface area contributed by atoms with Gasteiger partial charge in [0, 0.05) is 36.2 Å². The minimum atomic E-state index is -0.0951. The number of carbonyl (C=O) groups is 2. The molecule has 1 saturated carbocycles. The molecule has 0 spiro atoms. The molecule has 3 atom stereocenters. The van der Waals surface area contributed by atoms with Crippen LogP contribution in [-0.2, 0) is 9.53 Å². The van der Waals surface area contributed by atoms with Gasteiger partial charge in [0.25, 0.3) is 5.91 Å². The Kier molecular flexibility index (Phi) is 6.01. The number of fused-ring (bicyclic) bond motifs is 1. The molecule has 3 unspecified atom stereocenters. The van der Waals surface area contributed by atoms with Crippen molar-refractivity contribution in [2.45, 2.75) is 57.7 Å². The van der Waals surface area contributed by atoms with Crippen LogP contribution in [0.3, 0.4) is 0 Å². The SMILES string of the molecule is Cc1ccccc1C(=O)Nc1cccc(C2CC3CN(C(=O)C4CCCC4)CCC3O2)c1. The summed E-state index contributed by atoms with van der Waals surface area (Å²) in [6.45, 7) is 3.58. The van der Waals surface area contributed by atoms with Crippen LogP contribution in [0.5, 0.6) is 0 Å². The van der Waals surface area contributed by atoms with Gasteiger partial charge in [-0.15, -0.1) is 0 Å². The Hall–Kier alpha value is -2.66. The molecule has 2 amide bonds. The Balaban J connectivity index is 1.23. The lowest BCUT2D eigenvalue weighted by atomic mass is 9.90. The topological polar surface area (TPSA) is 58.6 Å². The van der Waals surface area contributed by atoms with Crippen molar-refractivity contribution in [1.29, 1.82) is 0 Å². The van der Waals surface area contributed by atoms with Crippen LogP contribution in [-0.4, -0.2) is 35.9 Å². The van der Waals surface area contributed by atoms with Gasteiger partial charge < -0.3 is 15.0 Å². The number of nitrogens with one attached hydrogen (secondary N) is 1. The summed E-state index contributed by atoms with van der Waals surface area (Å²) in [6.07, 6.45) is 6.58. The zero-order valence-electron chi connectivity index (χ0n) is 18.8. The molecule has 0 aromatic heterocycles. The molecule has 5 heteroatoms. The minimum Gasteiger partial charge on any atom is -0.370 e. The first-order valence-corrected chi connectivity index (χ1v) is 12.0. The average Bonchev–Trinajstić information content (AvgIpc) is 3.49. The molecule has 32 heavy (non-hydrogen) atoms. The Bertz CT molecular complexity index is 998. The molecular formula is C27H32N2O3. The second-order valence-electron chi connectivity index (χ2n) is 9.61. The summed E-state index contributed by atoms with van der Waals surface area (Å²) in [5, 5.41) is 3.03. The van der Waals surface area contributed by atoms with Gasteiger partial charge in [0.2, 0.25) is 5.91 Å². The normalized spacial score (nSPS) is 25.5. The van der Waals surface area contributed by atoms with E-state index in [0.29, 0.717) is 17.4 Å². The quantitative estimate of drug-likeness (QED) is 0.730. The maximum absolute atomic E-state index is 12.9. The van der Waals surface area contributed by atoms with Crippen molar-refractivity contribution in [1.82, 2.24) is 4.90 Å². The predicted octanol–water partition coefficient (Wildman–Crippen LogP) is 5.12. The number of likely N-dealkylation sites (tertiary alicyclic amines) is 1. The summed E-state index contributed by atoms with van der Waals surface area (Å²) < 4.78 is 6.42. The van der Waals surface area contributed by atoms with Crippen molar-refractivity contribution in [3.8, 4) is 0 Å². The van der Waals surface area contributed by atoms with E-state index in [9.17, 15) is 9.59 Å². The molecular weight excluding hydrogens is 400 g/mol. The second kappa shape index (κ2) is 9.07. The summed E-state index contributed by atoms with van der Waals surface area (Å²) in [6, 6.07) is 15.6. The molecule has 5 rings (SSSR count). The number of ether oxygens (including phenoxy) is 1. The van der Waals surface area contributed by atoms with Crippen LogP contribution in [0, 0.1) is 18.8 Å². The molecule has 3 fully saturated rings. The van der Waals surface area contributed by atoms with Gasteiger partial charge >= 0.3 is 0 Å². The third-order valence-electron chi connectivity index (χ3n) is 7.44. The van der Waals surface area contributed by atoms with E-state index in [-0.39, 0.29) is 24.0 Å². The molecule has 2 aromatic rings. The van der Waals surface area contributed by atoms with E-state index in [1.165, 1.54) is 12.8 Å². The summed E-state index contributed by atoms with van der Waals surface area (Å²) in [4.78, 5) is 27.7. The number of benzene rings is 2. The van der Waals surface area contributed by atoms with E-state index >= 15 is 0 Å². The van der Waals surface area contributed by atoms with Gasteiger partial charge in [0.15, 0.2) is 0 Å². The lowest BCUT2D eigenvalue weighted by molar-refractivity contribution is -0.138. The molecule has 2 aliphatic heterocycles. The largest absolute Gasteiger partial charge is 0.370 e. The maximum atomic E-state index is 12.9. The van der Waals surface area contributed by atoms with E-state index < -0.39 is 0 Å². The van der Waals surface area contributed by atoms with E-state index in [1.807, 2.05) is 49.4 Å². The molecule has 2 saturated heterocycles. The first kappa shape index (κ1) is 21.2. The zero-order chi connectivity index (χ0) is 22.1. The van der Waals surface area contributed by atoms with Crippen molar-refractivity contribution in [3.63, 3.8) is 0 Å². The molecule has 5 nitrogen and oxygen atoms in total. The van der Waals surface area contributed by atoms with Gasteiger partial charge in [0.05, 0.1) is 12.2 Å². The Labute approximate surface area is 190 Å². The number of hydrogen-bond acceptors (Lipinski definition) is 3. The summed E-state index contributed by atoms with van der Waals surface area (Å²) in [7, 11) is 0. The van der Waals surface area contributed by atoms with E-state index in [0.717, 1.165) is 55.6 Å². The van der Waals surface area contributed by atoms with Gasteiger partial charge in [-0.25, -0.2) is 0 Å². The fourth-order valence-corrected chi connectivity index (χ4v) is 5.65. The zero-order valence-corrected chi connectivity index (χ0v) is 18.8. The van der Waals surface area contributed by atoms with Crippen molar-refractivity contribution in [2.24, 2.45) is 11.8 Å². The van der Waals surface area contributed by atoms with Crippen LogP contribution in [0.15, 0.2) is 48.5 Å². The van der Waals surface area contributed by atoms with Crippen LogP contribution < -0.4 is 5.32 Å². The Morgan fingerprint density at radius 3 is 2.66 bits per heavy atom. The number of hydrogen-bond donors (Lipinski definition) is 1. The van der Waals surface area contributed by atoms with Gasteiger partial charge in [-0.05, 0) is 61.9 Å². The van der Waals surface area contributed by atoms with Gasteiger partial charge in [-0.3, -0.25) is 9.59 Å². The molecule has 1 N–H and O–H groups in total. The minimum absolute atomic E-state index is 0.0156. The number of aryl methyl sites for hydroxylation is 1. The number of piperidine rings is 1. The molecule has 3 aliphatic rings. The van der Waals surface area contributed by atoms with Crippen molar-refractivity contribution >= 4 is 17.5 Å². The molecule has 1 aliphatic carbocycles. The highest BCUT2D eigenvalue weighted by Gasteiger charge is 2.41. The van der Waals surface area contributed by atoms with Gasteiger partial charge in [-0.2, -0.15) is 0 Å². The lowest BCUT2D eigenvalue weighted by Gasteiger charge is -2.35. The fraction of sp³-hybridized carbons (Fsp3) is 0.481. The predicted molar refractivity (Wildman–Crippen MR) is 124 cm³/mol. The number of rotatable bonds is 4. The summed E-state index contributed by atoms with van der Waals surface area (Å²) in [5.41, 5.74) is 3.53. The number of amides is 2. The van der Waals surface area contributed by atoms with Crippen LogP contribution in [0.2, 0.25) is 0 Å². The lowest BCUT2D eigenvalue weighted by Crippen LogP contribution is -2.46. The standard InChI is InChI=1S/C27H32N2O3/c1-18-7-2-5-12-23(18)26(30)28-22-11-6-10-20(15-22)25-16-21-17-29(14-13-24(21)32-25)27(31)19-8-3-4-9-19/h2,5-7,10-12,15,19,21,24-25H,3-4,8-9,13-14,16-17H2,1H3,(H,28,30). The molecule has 2 heterocycles. The van der Waals surface area contributed by atoms with Crippen LogP contribution in [0.4, 0.5) is 5.69 Å². The van der Waals surface area contributed by atoms with E-state index in [2.05, 4.69) is 16.3 Å². The Morgan fingerprint density at radius 2 is 1.84 bits per heavy atom. The van der Waals surface area contributed by atoms with Crippen molar-refractivity contribution < 1.29 is 14.3 Å². The average molecular weight is 433 g/mol. The fourth-order valence-electron chi connectivity index (χ4n) is 5.65.